The lowest BCUT2D eigenvalue weighted by Gasteiger charge is -2.32. The summed E-state index contributed by atoms with van der Waals surface area (Å²) in [6, 6.07) is 7.68. The number of hydrogen-bond donors (Lipinski definition) is 1. The average Bonchev–Trinajstić information content (AvgIpc) is 2.55. The molecule has 1 fully saturated rings. The molecule has 1 aromatic rings. The number of ether oxygens (including phenoxy) is 2. The summed E-state index contributed by atoms with van der Waals surface area (Å²) in [5, 5.41) is 9.53. The second-order valence-corrected chi connectivity index (χ2v) is 6.22. The Hall–Kier alpha value is -1.64. The third kappa shape index (κ3) is 4.43. The predicted molar refractivity (Wildman–Crippen MR) is 86.2 cm³/mol. The standard InChI is InChI=1S/C17H20O4S/c1-2-3-10-21-14-4-6-15(7-5-14)22-13-17(16(18)19)8-11-20-12-9-17/h4-7H,8-13H2,1H3,(H,18,19). The zero-order chi connectivity index (χ0) is 15.8. The highest BCUT2D eigenvalue weighted by molar-refractivity contribution is 7.99. The first kappa shape index (κ1) is 16.7. The summed E-state index contributed by atoms with van der Waals surface area (Å²) in [7, 11) is 0. The van der Waals surface area contributed by atoms with Crippen molar-refractivity contribution in [3.05, 3.63) is 24.3 Å². The van der Waals surface area contributed by atoms with Crippen molar-refractivity contribution in [2.45, 2.75) is 24.7 Å². The SMILES string of the molecule is CC#CCOc1ccc(SCC2(C(=O)O)CCOCC2)cc1. The number of aliphatic carboxylic acids is 1. The van der Waals surface area contributed by atoms with E-state index in [1.54, 1.807) is 18.7 Å². The molecule has 1 saturated heterocycles. The summed E-state index contributed by atoms with van der Waals surface area (Å²) >= 11 is 1.57. The van der Waals surface area contributed by atoms with Gasteiger partial charge in [-0.05, 0) is 44.0 Å². The van der Waals surface area contributed by atoms with Crippen molar-refractivity contribution in [3.8, 4) is 17.6 Å². The fraction of sp³-hybridized carbons (Fsp3) is 0.471. The molecule has 0 bridgehead atoms. The zero-order valence-corrected chi connectivity index (χ0v) is 13.4. The van der Waals surface area contributed by atoms with Gasteiger partial charge in [-0.25, -0.2) is 0 Å². The van der Waals surface area contributed by atoms with E-state index >= 15 is 0 Å². The van der Waals surface area contributed by atoms with Crippen molar-refractivity contribution in [2.24, 2.45) is 5.41 Å². The highest BCUT2D eigenvalue weighted by atomic mass is 32.2. The van der Waals surface area contributed by atoms with Gasteiger partial charge in [0, 0.05) is 23.9 Å². The minimum absolute atomic E-state index is 0.380. The molecule has 0 unspecified atom stereocenters. The van der Waals surface area contributed by atoms with Crippen LogP contribution in [0.1, 0.15) is 19.8 Å². The van der Waals surface area contributed by atoms with Crippen LogP contribution in [0.25, 0.3) is 0 Å². The van der Waals surface area contributed by atoms with Gasteiger partial charge in [-0.1, -0.05) is 5.92 Å². The Morgan fingerprint density at radius 1 is 1.36 bits per heavy atom. The lowest BCUT2D eigenvalue weighted by Crippen LogP contribution is -2.39. The van der Waals surface area contributed by atoms with Crippen LogP contribution in [-0.2, 0) is 9.53 Å². The van der Waals surface area contributed by atoms with Crippen LogP contribution < -0.4 is 4.74 Å². The molecule has 0 radical (unpaired) electrons. The minimum Gasteiger partial charge on any atom is -0.481 e. The molecule has 118 valence electrons. The Labute approximate surface area is 135 Å². The van der Waals surface area contributed by atoms with Gasteiger partial charge in [-0.2, -0.15) is 0 Å². The molecular weight excluding hydrogens is 300 g/mol. The van der Waals surface area contributed by atoms with Gasteiger partial charge in [-0.15, -0.1) is 17.7 Å². The van der Waals surface area contributed by atoms with Crippen LogP contribution in [0.15, 0.2) is 29.2 Å². The summed E-state index contributed by atoms with van der Waals surface area (Å²) in [6.45, 7) is 3.21. The highest BCUT2D eigenvalue weighted by Gasteiger charge is 2.40. The molecule has 0 aromatic heterocycles. The van der Waals surface area contributed by atoms with E-state index in [0.717, 1.165) is 10.6 Å². The van der Waals surface area contributed by atoms with E-state index in [0.29, 0.717) is 38.4 Å². The molecule has 2 rings (SSSR count). The molecule has 4 nitrogen and oxygen atoms in total. The Morgan fingerprint density at radius 3 is 2.64 bits per heavy atom. The summed E-state index contributed by atoms with van der Waals surface area (Å²) < 4.78 is 10.7. The normalized spacial score (nSPS) is 16.4. The van der Waals surface area contributed by atoms with Crippen molar-refractivity contribution < 1.29 is 19.4 Å². The van der Waals surface area contributed by atoms with Crippen LogP contribution in [0, 0.1) is 17.3 Å². The third-order valence-electron chi connectivity index (χ3n) is 3.73. The molecule has 5 heteroatoms. The topological polar surface area (TPSA) is 55.8 Å². The molecule has 1 aliphatic rings. The second-order valence-electron chi connectivity index (χ2n) is 5.17. The van der Waals surface area contributed by atoms with Crippen molar-refractivity contribution in [1.29, 1.82) is 0 Å². The number of hydrogen-bond acceptors (Lipinski definition) is 4. The molecule has 0 spiro atoms. The summed E-state index contributed by atoms with van der Waals surface area (Å²) in [6.07, 6.45) is 1.15. The number of carboxylic acid groups (broad SMARTS) is 1. The van der Waals surface area contributed by atoms with E-state index in [1.165, 1.54) is 0 Å². The molecule has 1 N–H and O–H groups in total. The Bertz CT molecular complexity index is 550. The Kier molecular flexibility index (Phi) is 6.17. The number of rotatable bonds is 6. The first-order valence-corrected chi connectivity index (χ1v) is 8.21. The fourth-order valence-electron chi connectivity index (χ4n) is 2.23. The Morgan fingerprint density at radius 2 is 2.05 bits per heavy atom. The highest BCUT2D eigenvalue weighted by Crippen LogP contribution is 2.37. The molecule has 0 aliphatic carbocycles. The first-order chi connectivity index (χ1) is 10.7. The lowest BCUT2D eigenvalue weighted by atomic mass is 9.82. The summed E-state index contributed by atoms with van der Waals surface area (Å²) in [5.41, 5.74) is -0.672. The number of benzene rings is 1. The maximum absolute atomic E-state index is 11.6. The van der Waals surface area contributed by atoms with E-state index in [4.69, 9.17) is 9.47 Å². The van der Waals surface area contributed by atoms with Crippen LogP contribution >= 0.6 is 11.8 Å². The molecule has 0 atom stereocenters. The van der Waals surface area contributed by atoms with Gasteiger partial charge < -0.3 is 14.6 Å². The number of carbonyl (C=O) groups is 1. The van der Waals surface area contributed by atoms with Gasteiger partial charge in [-0.3, -0.25) is 4.79 Å². The largest absolute Gasteiger partial charge is 0.481 e. The number of carboxylic acids is 1. The molecule has 22 heavy (non-hydrogen) atoms. The van der Waals surface area contributed by atoms with Crippen molar-refractivity contribution in [1.82, 2.24) is 0 Å². The second kappa shape index (κ2) is 8.11. The van der Waals surface area contributed by atoms with Crippen molar-refractivity contribution in [2.75, 3.05) is 25.6 Å². The molecule has 1 aliphatic heterocycles. The maximum Gasteiger partial charge on any atom is 0.310 e. The van der Waals surface area contributed by atoms with Crippen molar-refractivity contribution in [3.63, 3.8) is 0 Å². The van der Waals surface area contributed by atoms with E-state index in [1.807, 2.05) is 24.3 Å². The molecule has 1 heterocycles. The molecule has 0 amide bonds. The average molecular weight is 320 g/mol. The van der Waals surface area contributed by atoms with Crippen LogP contribution in [0.4, 0.5) is 0 Å². The fourth-order valence-corrected chi connectivity index (χ4v) is 3.41. The predicted octanol–water partition coefficient (Wildman–Crippen LogP) is 3.06. The molecule has 1 aromatic carbocycles. The van der Waals surface area contributed by atoms with Gasteiger partial charge in [0.25, 0.3) is 0 Å². The van der Waals surface area contributed by atoms with E-state index in [2.05, 4.69) is 11.8 Å². The van der Waals surface area contributed by atoms with Crippen molar-refractivity contribution >= 4 is 17.7 Å². The zero-order valence-electron chi connectivity index (χ0n) is 12.6. The van der Waals surface area contributed by atoms with E-state index in [9.17, 15) is 9.90 Å². The van der Waals surface area contributed by atoms with Gasteiger partial charge in [0.1, 0.15) is 12.4 Å². The summed E-state index contributed by atoms with van der Waals surface area (Å²) in [5.74, 6) is 6.23. The maximum atomic E-state index is 11.6. The quantitative estimate of drug-likeness (QED) is 0.645. The smallest absolute Gasteiger partial charge is 0.310 e. The number of thioether (sulfide) groups is 1. The Balaban J connectivity index is 1.92. The van der Waals surface area contributed by atoms with Crippen LogP contribution in [-0.4, -0.2) is 36.6 Å². The molecule has 0 saturated carbocycles. The first-order valence-electron chi connectivity index (χ1n) is 7.23. The van der Waals surface area contributed by atoms with Crippen LogP contribution in [0.3, 0.4) is 0 Å². The van der Waals surface area contributed by atoms with E-state index in [-0.39, 0.29) is 0 Å². The van der Waals surface area contributed by atoms with Gasteiger partial charge >= 0.3 is 5.97 Å². The van der Waals surface area contributed by atoms with Gasteiger partial charge in [0.15, 0.2) is 0 Å². The third-order valence-corrected chi connectivity index (χ3v) is 5.03. The van der Waals surface area contributed by atoms with Gasteiger partial charge in [0.2, 0.25) is 0 Å². The van der Waals surface area contributed by atoms with Crippen LogP contribution in [0.5, 0.6) is 5.75 Å². The van der Waals surface area contributed by atoms with Crippen LogP contribution in [0.2, 0.25) is 0 Å². The summed E-state index contributed by atoms with van der Waals surface area (Å²) in [4.78, 5) is 12.6. The van der Waals surface area contributed by atoms with Gasteiger partial charge in [0.05, 0.1) is 5.41 Å². The minimum atomic E-state index is -0.721. The lowest BCUT2D eigenvalue weighted by molar-refractivity contribution is -0.152. The molecular formula is C17H20O4S. The monoisotopic (exact) mass is 320 g/mol. The van der Waals surface area contributed by atoms with E-state index < -0.39 is 11.4 Å².